The van der Waals surface area contributed by atoms with Crippen LogP contribution in [0.1, 0.15) is 30.1 Å². The summed E-state index contributed by atoms with van der Waals surface area (Å²) in [5.74, 6) is 1.41. The average molecular weight is 376 g/mol. The summed E-state index contributed by atoms with van der Waals surface area (Å²) in [5.41, 5.74) is 4.31. The maximum atomic E-state index is 4.84. The maximum Gasteiger partial charge on any atom is 0.177 e. The molecule has 1 saturated heterocycles. The van der Waals surface area contributed by atoms with E-state index in [4.69, 9.17) is 5.10 Å². The molecule has 27 heavy (non-hydrogen) atoms. The van der Waals surface area contributed by atoms with Crippen LogP contribution in [0.2, 0.25) is 0 Å². The molecule has 5 rings (SSSR count). The molecule has 0 radical (unpaired) electrons. The first kappa shape index (κ1) is 16.6. The number of rotatable bonds is 4. The second kappa shape index (κ2) is 7.21. The molecule has 0 saturated carbocycles. The maximum absolute atomic E-state index is 4.84. The second-order valence-corrected chi connectivity index (χ2v) is 7.87. The quantitative estimate of drug-likeness (QED) is 0.535. The number of fused-ring (bicyclic) bond motifs is 1. The molecule has 0 bridgehead atoms. The highest BCUT2D eigenvalue weighted by Crippen LogP contribution is 2.28. The van der Waals surface area contributed by atoms with Crippen molar-refractivity contribution in [1.82, 2.24) is 24.7 Å². The van der Waals surface area contributed by atoms with Gasteiger partial charge in [-0.2, -0.15) is 21.0 Å². The summed E-state index contributed by atoms with van der Waals surface area (Å²) in [4.78, 5) is 2.53. The van der Waals surface area contributed by atoms with Crippen LogP contribution in [0.3, 0.4) is 0 Å². The van der Waals surface area contributed by atoms with Crippen LogP contribution in [-0.2, 0) is 6.54 Å². The van der Waals surface area contributed by atoms with Crippen LogP contribution in [0.5, 0.6) is 0 Å². The Kier molecular flexibility index (Phi) is 4.43. The lowest BCUT2D eigenvalue weighted by molar-refractivity contribution is 0.201. The van der Waals surface area contributed by atoms with E-state index in [0.29, 0.717) is 5.92 Å². The van der Waals surface area contributed by atoms with Gasteiger partial charge in [-0.05, 0) is 60.5 Å². The molecule has 1 aliphatic rings. The highest BCUT2D eigenvalue weighted by atomic mass is 32.1. The van der Waals surface area contributed by atoms with Crippen molar-refractivity contribution in [2.75, 3.05) is 13.1 Å². The van der Waals surface area contributed by atoms with Crippen LogP contribution in [0.4, 0.5) is 0 Å². The Labute approximate surface area is 162 Å². The van der Waals surface area contributed by atoms with Gasteiger partial charge in [-0.15, -0.1) is 10.2 Å². The van der Waals surface area contributed by atoms with Crippen molar-refractivity contribution in [2.45, 2.75) is 25.3 Å². The van der Waals surface area contributed by atoms with Gasteiger partial charge in [0.2, 0.25) is 0 Å². The van der Waals surface area contributed by atoms with E-state index in [2.05, 4.69) is 44.1 Å². The van der Waals surface area contributed by atoms with E-state index in [9.17, 15) is 0 Å². The standard InChI is InChI=1S/C21H21N5S/c1-2-4-17(5-3-1)19-6-7-20-22-23-21(26(20)24-19)18-8-11-25(12-9-18)14-16-10-13-27-15-16/h1-7,10,13,15,18H,8-9,11-12,14H2. The first-order valence-corrected chi connectivity index (χ1v) is 10.3. The summed E-state index contributed by atoms with van der Waals surface area (Å²) in [6.07, 6.45) is 2.20. The van der Waals surface area contributed by atoms with Gasteiger partial charge in [-0.1, -0.05) is 30.3 Å². The zero-order valence-electron chi connectivity index (χ0n) is 15.0. The predicted molar refractivity (Wildman–Crippen MR) is 108 cm³/mol. The lowest BCUT2D eigenvalue weighted by Crippen LogP contribution is -2.33. The van der Waals surface area contributed by atoms with E-state index in [1.54, 1.807) is 11.3 Å². The van der Waals surface area contributed by atoms with Crippen molar-refractivity contribution in [3.8, 4) is 11.3 Å². The van der Waals surface area contributed by atoms with E-state index in [0.717, 1.165) is 55.2 Å². The van der Waals surface area contributed by atoms with Crippen molar-refractivity contribution in [3.63, 3.8) is 0 Å². The minimum Gasteiger partial charge on any atom is -0.299 e. The minimum absolute atomic E-state index is 0.414. The molecular weight excluding hydrogens is 354 g/mol. The first-order chi connectivity index (χ1) is 13.4. The highest BCUT2D eigenvalue weighted by Gasteiger charge is 2.25. The second-order valence-electron chi connectivity index (χ2n) is 7.09. The third kappa shape index (κ3) is 3.38. The van der Waals surface area contributed by atoms with Gasteiger partial charge in [0.25, 0.3) is 0 Å². The Balaban J connectivity index is 1.36. The van der Waals surface area contributed by atoms with Crippen LogP contribution in [0, 0.1) is 0 Å². The molecule has 1 fully saturated rings. The van der Waals surface area contributed by atoms with Crippen LogP contribution in [0.15, 0.2) is 59.3 Å². The molecule has 6 heteroatoms. The minimum atomic E-state index is 0.414. The van der Waals surface area contributed by atoms with Gasteiger partial charge in [-0.3, -0.25) is 4.90 Å². The molecule has 1 aromatic carbocycles. The number of likely N-dealkylation sites (tertiary alicyclic amines) is 1. The van der Waals surface area contributed by atoms with Gasteiger partial charge in [0, 0.05) is 18.0 Å². The molecule has 1 aliphatic heterocycles. The molecule has 136 valence electrons. The molecule has 3 aromatic heterocycles. The van der Waals surface area contributed by atoms with Crippen molar-refractivity contribution < 1.29 is 0 Å². The summed E-state index contributed by atoms with van der Waals surface area (Å²) in [6.45, 7) is 3.23. The number of piperidine rings is 1. The van der Waals surface area contributed by atoms with Gasteiger partial charge >= 0.3 is 0 Å². The fourth-order valence-corrected chi connectivity index (χ4v) is 4.47. The van der Waals surface area contributed by atoms with Gasteiger partial charge in [-0.25, -0.2) is 0 Å². The molecular formula is C21H21N5S. The molecule has 4 aromatic rings. The summed E-state index contributed by atoms with van der Waals surface area (Å²) in [7, 11) is 0. The Hall–Kier alpha value is -2.57. The zero-order valence-corrected chi connectivity index (χ0v) is 15.8. The normalized spacial score (nSPS) is 16.1. The molecule has 0 aliphatic carbocycles. The average Bonchev–Trinajstić information content (AvgIpc) is 3.39. The molecule has 0 amide bonds. The third-order valence-corrected chi connectivity index (χ3v) is 6.03. The van der Waals surface area contributed by atoms with Gasteiger partial charge < -0.3 is 0 Å². The largest absolute Gasteiger partial charge is 0.299 e. The van der Waals surface area contributed by atoms with Crippen molar-refractivity contribution in [2.24, 2.45) is 0 Å². The summed E-state index contributed by atoms with van der Waals surface area (Å²) < 4.78 is 1.95. The molecule has 5 nitrogen and oxygen atoms in total. The number of hydrogen-bond donors (Lipinski definition) is 0. The SMILES string of the molecule is c1ccc(-c2ccc3nnc(C4CCN(Cc5ccsc5)CC4)n3n2)cc1. The van der Waals surface area contributed by atoms with E-state index < -0.39 is 0 Å². The van der Waals surface area contributed by atoms with Gasteiger partial charge in [0.05, 0.1) is 5.69 Å². The van der Waals surface area contributed by atoms with E-state index in [1.165, 1.54) is 5.56 Å². The van der Waals surface area contributed by atoms with Crippen LogP contribution in [0.25, 0.3) is 16.9 Å². The number of nitrogens with zero attached hydrogens (tertiary/aromatic N) is 5. The Bertz CT molecular complexity index is 1020. The highest BCUT2D eigenvalue weighted by molar-refractivity contribution is 7.07. The topological polar surface area (TPSA) is 46.3 Å². The monoisotopic (exact) mass is 375 g/mol. The number of benzene rings is 1. The molecule has 0 spiro atoms. The predicted octanol–water partition coefficient (Wildman–Crippen LogP) is 4.23. The zero-order chi connectivity index (χ0) is 18.1. The molecule has 0 unspecified atom stereocenters. The summed E-state index contributed by atoms with van der Waals surface area (Å²) in [6, 6.07) is 16.5. The number of thiophene rings is 1. The van der Waals surface area contributed by atoms with Crippen molar-refractivity contribution >= 4 is 17.0 Å². The van der Waals surface area contributed by atoms with Crippen LogP contribution in [-0.4, -0.2) is 37.8 Å². The van der Waals surface area contributed by atoms with Crippen molar-refractivity contribution in [3.05, 3.63) is 70.7 Å². The molecule has 0 atom stereocenters. The smallest absolute Gasteiger partial charge is 0.177 e. The van der Waals surface area contributed by atoms with Crippen LogP contribution >= 0.6 is 11.3 Å². The third-order valence-electron chi connectivity index (χ3n) is 5.30. The molecule has 0 N–H and O–H groups in total. The summed E-state index contributed by atoms with van der Waals surface area (Å²) >= 11 is 1.77. The lowest BCUT2D eigenvalue weighted by Gasteiger charge is -2.30. The van der Waals surface area contributed by atoms with E-state index >= 15 is 0 Å². The number of hydrogen-bond acceptors (Lipinski definition) is 5. The van der Waals surface area contributed by atoms with Gasteiger partial charge in [0.15, 0.2) is 11.5 Å². The fraction of sp³-hybridized carbons (Fsp3) is 0.286. The number of aromatic nitrogens is 4. The molecule has 4 heterocycles. The van der Waals surface area contributed by atoms with E-state index in [1.807, 2.05) is 34.8 Å². The Morgan fingerprint density at radius 2 is 1.81 bits per heavy atom. The van der Waals surface area contributed by atoms with E-state index in [-0.39, 0.29) is 0 Å². The fourth-order valence-electron chi connectivity index (χ4n) is 3.81. The Morgan fingerprint density at radius 3 is 2.59 bits per heavy atom. The Morgan fingerprint density at radius 1 is 0.963 bits per heavy atom. The first-order valence-electron chi connectivity index (χ1n) is 9.38. The summed E-state index contributed by atoms with van der Waals surface area (Å²) in [5, 5.41) is 18.1. The van der Waals surface area contributed by atoms with Crippen LogP contribution < -0.4 is 0 Å². The van der Waals surface area contributed by atoms with Gasteiger partial charge in [0.1, 0.15) is 0 Å². The lowest BCUT2D eigenvalue weighted by atomic mass is 9.96. The van der Waals surface area contributed by atoms with Crippen molar-refractivity contribution in [1.29, 1.82) is 0 Å².